The lowest BCUT2D eigenvalue weighted by Crippen LogP contribution is -1.95. The van der Waals surface area contributed by atoms with Crippen LogP contribution in [0.4, 0.5) is 8.78 Å². The van der Waals surface area contributed by atoms with Crippen molar-refractivity contribution in [1.82, 2.24) is 5.16 Å². The molecule has 8 heteroatoms. The molecule has 1 aromatic heterocycles. The van der Waals surface area contributed by atoms with E-state index in [0.29, 0.717) is 6.07 Å². The molecule has 5 nitrogen and oxygen atoms in total. The van der Waals surface area contributed by atoms with Gasteiger partial charge in [0.1, 0.15) is 11.6 Å². The Balaban J connectivity index is 2.63. The van der Waals surface area contributed by atoms with Crippen molar-refractivity contribution in [2.24, 2.45) is 0 Å². The third kappa shape index (κ3) is 1.94. The fraction of sp³-hybridized carbons (Fsp3) is 0. The Morgan fingerprint density at radius 2 is 2.06 bits per heavy atom. The van der Waals surface area contributed by atoms with Crippen molar-refractivity contribution in [3.63, 3.8) is 0 Å². The smallest absolute Gasteiger partial charge is 0.358 e. The highest BCUT2D eigenvalue weighted by Crippen LogP contribution is 2.36. The lowest BCUT2D eigenvalue weighted by molar-refractivity contribution is 0.0686. The molecule has 0 aliphatic carbocycles. The van der Waals surface area contributed by atoms with Crippen LogP contribution in [0.25, 0.3) is 11.3 Å². The summed E-state index contributed by atoms with van der Waals surface area (Å²) in [6.07, 6.45) is 0. The largest absolute Gasteiger partial charge is 0.507 e. The summed E-state index contributed by atoms with van der Waals surface area (Å²) in [7, 11) is 0. The van der Waals surface area contributed by atoms with E-state index in [-0.39, 0.29) is 10.2 Å². The van der Waals surface area contributed by atoms with Crippen LogP contribution in [-0.2, 0) is 0 Å². The Morgan fingerprint density at radius 1 is 1.39 bits per heavy atom. The van der Waals surface area contributed by atoms with Gasteiger partial charge in [-0.25, -0.2) is 13.6 Å². The van der Waals surface area contributed by atoms with Crippen LogP contribution < -0.4 is 0 Å². The molecular formula is C10H4BrF2NO4. The van der Waals surface area contributed by atoms with Gasteiger partial charge in [0.25, 0.3) is 0 Å². The topological polar surface area (TPSA) is 83.6 Å². The monoisotopic (exact) mass is 319 g/mol. The van der Waals surface area contributed by atoms with Crippen LogP contribution in [0, 0.1) is 11.6 Å². The van der Waals surface area contributed by atoms with Gasteiger partial charge in [-0.05, 0) is 15.9 Å². The van der Waals surface area contributed by atoms with Crippen LogP contribution >= 0.6 is 15.9 Å². The molecule has 1 heterocycles. The van der Waals surface area contributed by atoms with E-state index in [4.69, 9.17) is 5.11 Å². The second-order valence-corrected chi connectivity index (χ2v) is 4.06. The normalized spacial score (nSPS) is 10.6. The first-order valence-corrected chi connectivity index (χ1v) is 5.28. The van der Waals surface area contributed by atoms with E-state index in [1.165, 1.54) is 0 Å². The Hall–Kier alpha value is -1.96. The summed E-state index contributed by atoms with van der Waals surface area (Å²) in [5.41, 5.74) is -1.09. The zero-order valence-corrected chi connectivity index (χ0v) is 10.0. The van der Waals surface area contributed by atoms with Crippen LogP contribution in [-0.4, -0.2) is 21.3 Å². The molecule has 0 aliphatic rings. The van der Waals surface area contributed by atoms with Gasteiger partial charge in [-0.1, -0.05) is 5.16 Å². The molecular weight excluding hydrogens is 316 g/mol. The highest BCUT2D eigenvalue weighted by Gasteiger charge is 2.23. The maximum absolute atomic E-state index is 13.7. The molecule has 1 aromatic carbocycles. The summed E-state index contributed by atoms with van der Waals surface area (Å²) in [6, 6.07) is 1.55. The number of carboxylic acids is 1. The summed E-state index contributed by atoms with van der Waals surface area (Å²) in [6.45, 7) is 0. The van der Waals surface area contributed by atoms with Crippen molar-refractivity contribution < 1.29 is 28.3 Å². The first kappa shape index (κ1) is 12.5. The fourth-order valence-electron chi connectivity index (χ4n) is 1.30. The predicted molar refractivity (Wildman–Crippen MR) is 58.2 cm³/mol. The number of phenols is 1. The third-order valence-electron chi connectivity index (χ3n) is 2.12. The molecule has 0 fully saturated rings. The van der Waals surface area contributed by atoms with Crippen LogP contribution in [0.15, 0.2) is 21.1 Å². The van der Waals surface area contributed by atoms with Crippen molar-refractivity contribution in [3.8, 4) is 17.1 Å². The van der Waals surface area contributed by atoms with Gasteiger partial charge in [0.2, 0.25) is 0 Å². The number of benzene rings is 1. The maximum atomic E-state index is 13.7. The Morgan fingerprint density at radius 3 is 2.61 bits per heavy atom. The maximum Gasteiger partial charge on any atom is 0.358 e. The highest BCUT2D eigenvalue weighted by molar-refractivity contribution is 9.10. The molecule has 0 saturated heterocycles. The Kier molecular flexibility index (Phi) is 3.04. The van der Waals surface area contributed by atoms with Crippen molar-refractivity contribution in [3.05, 3.63) is 33.9 Å². The number of nitrogens with zero attached hydrogens (tertiary/aromatic N) is 1. The van der Waals surface area contributed by atoms with Crippen LogP contribution in [0.2, 0.25) is 0 Å². The standard InChI is InChI=1S/C10H4BrF2NO4/c11-8-5(15)1-3(12)7(9(8)13)6-2-4(10(16)17)14-18-6/h1-2,15H,(H,16,17). The first-order valence-electron chi connectivity index (χ1n) is 4.48. The van der Waals surface area contributed by atoms with E-state index < -0.39 is 34.6 Å². The fourth-order valence-corrected chi connectivity index (χ4v) is 1.61. The third-order valence-corrected chi connectivity index (χ3v) is 2.87. The lowest BCUT2D eigenvalue weighted by atomic mass is 10.1. The van der Waals surface area contributed by atoms with Crippen molar-refractivity contribution in [2.45, 2.75) is 0 Å². The zero-order valence-electron chi connectivity index (χ0n) is 8.45. The molecule has 0 atom stereocenters. The minimum absolute atomic E-state index is 0.354. The second-order valence-electron chi connectivity index (χ2n) is 3.26. The van der Waals surface area contributed by atoms with E-state index in [1.54, 1.807) is 0 Å². The summed E-state index contributed by atoms with van der Waals surface area (Å²) in [4.78, 5) is 10.6. The van der Waals surface area contributed by atoms with Gasteiger partial charge in [0, 0.05) is 12.1 Å². The van der Waals surface area contributed by atoms with E-state index >= 15 is 0 Å². The van der Waals surface area contributed by atoms with E-state index in [9.17, 15) is 18.7 Å². The molecule has 0 saturated carbocycles. The van der Waals surface area contributed by atoms with Crippen LogP contribution in [0.1, 0.15) is 10.5 Å². The number of halogens is 3. The molecule has 2 rings (SSSR count). The molecule has 0 radical (unpaired) electrons. The number of hydrogen-bond donors (Lipinski definition) is 2. The van der Waals surface area contributed by atoms with Gasteiger partial charge >= 0.3 is 5.97 Å². The minimum atomic E-state index is -1.39. The van der Waals surface area contributed by atoms with Gasteiger partial charge < -0.3 is 14.7 Å². The number of hydrogen-bond acceptors (Lipinski definition) is 4. The summed E-state index contributed by atoms with van der Waals surface area (Å²) < 4.78 is 31.5. The average Bonchev–Trinajstić information content (AvgIpc) is 2.75. The summed E-state index contributed by atoms with van der Waals surface area (Å²) in [5, 5.41) is 20.9. The number of aromatic carboxylic acids is 1. The van der Waals surface area contributed by atoms with Gasteiger partial charge in [-0.2, -0.15) is 0 Å². The number of rotatable bonds is 2. The Labute approximate surface area is 107 Å². The SMILES string of the molecule is O=C(O)c1cc(-c2c(F)cc(O)c(Br)c2F)on1. The lowest BCUT2D eigenvalue weighted by Gasteiger charge is -2.04. The quantitative estimate of drug-likeness (QED) is 0.831. The van der Waals surface area contributed by atoms with E-state index in [0.717, 1.165) is 6.07 Å². The molecule has 0 spiro atoms. The average molecular weight is 320 g/mol. The van der Waals surface area contributed by atoms with Crippen molar-refractivity contribution in [1.29, 1.82) is 0 Å². The highest BCUT2D eigenvalue weighted by atomic mass is 79.9. The first-order chi connectivity index (χ1) is 8.41. The van der Waals surface area contributed by atoms with Crippen molar-refractivity contribution >= 4 is 21.9 Å². The number of phenolic OH excluding ortho intramolecular Hbond substituents is 1. The molecule has 0 aliphatic heterocycles. The summed E-state index contributed by atoms with van der Waals surface area (Å²) >= 11 is 2.73. The molecule has 2 aromatic rings. The second kappa shape index (κ2) is 4.37. The minimum Gasteiger partial charge on any atom is -0.507 e. The molecule has 2 N–H and O–H groups in total. The number of carbonyl (C=O) groups is 1. The van der Waals surface area contributed by atoms with Gasteiger partial charge in [-0.15, -0.1) is 0 Å². The predicted octanol–water partition coefficient (Wildman–Crippen LogP) is 2.79. The summed E-state index contributed by atoms with van der Waals surface area (Å²) in [5.74, 6) is -4.60. The number of aromatic hydroxyl groups is 1. The molecule has 0 bridgehead atoms. The van der Waals surface area contributed by atoms with Crippen LogP contribution in [0.3, 0.4) is 0 Å². The van der Waals surface area contributed by atoms with Crippen LogP contribution in [0.5, 0.6) is 5.75 Å². The zero-order chi connectivity index (χ0) is 13.4. The molecule has 18 heavy (non-hydrogen) atoms. The number of carboxylic acid groups (broad SMARTS) is 1. The van der Waals surface area contributed by atoms with E-state index in [2.05, 4.69) is 25.6 Å². The Bertz CT molecular complexity index is 641. The van der Waals surface area contributed by atoms with Crippen molar-refractivity contribution in [2.75, 3.05) is 0 Å². The van der Waals surface area contributed by atoms with Gasteiger partial charge in [0.15, 0.2) is 17.3 Å². The van der Waals surface area contributed by atoms with Gasteiger partial charge in [-0.3, -0.25) is 0 Å². The molecule has 0 amide bonds. The molecule has 94 valence electrons. The van der Waals surface area contributed by atoms with Gasteiger partial charge in [0.05, 0.1) is 10.0 Å². The molecule has 0 unspecified atom stereocenters. The van der Waals surface area contributed by atoms with E-state index in [1.807, 2.05) is 0 Å². The number of aromatic nitrogens is 1.